The highest BCUT2D eigenvalue weighted by Gasteiger charge is 2.50. The Balaban J connectivity index is 1.65. The lowest BCUT2D eigenvalue weighted by Gasteiger charge is -2.26. The molecule has 4 heterocycles. The van der Waals surface area contributed by atoms with E-state index in [1.807, 2.05) is 58.2 Å². The zero-order valence-corrected chi connectivity index (χ0v) is 19.6. The lowest BCUT2D eigenvalue weighted by atomic mass is 10.1. The molecule has 2 saturated heterocycles. The van der Waals surface area contributed by atoms with Crippen molar-refractivity contribution in [2.45, 2.75) is 78.0 Å². The third-order valence-electron chi connectivity index (χ3n) is 6.21. The van der Waals surface area contributed by atoms with Gasteiger partial charge in [-0.2, -0.15) is 4.98 Å². The van der Waals surface area contributed by atoms with E-state index in [-0.39, 0.29) is 24.2 Å². The number of hydrogen-bond donors (Lipinski definition) is 1. The molecule has 33 heavy (non-hydrogen) atoms. The summed E-state index contributed by atoms with van der Waals surface area (Å²) in [6, 6.07) is 3.91. The number of nitrogens with one attached hydrogen (secondary N) is 1. The van der Waals surface area contributed by atoms with Crippen LogP contribution in [0.15, 0.2) is 21.7 Å². The van der Waals surface area contributed by atoms with E-state index in [1.54, 1.807) is 0 Å². The summed E-state index contributed by atoms with van der Waals surface area (Å²) in [4.78, 5) is 35.5. The summed E-state index contributed by atoms with van der Waals surface area (Å²) >= 11 is 0. The van der Waals surface area contributed by atoms with E-state index < -0.39 is 35.0 Å². The van der Waals surface area contributed by atoms with Crippen LogP contribution >= 0.6 is 0 Å². The molecule has 1 aromatic carbocycles. The third-order valence-corrected chi connectivity index (χ3v) is 6.21. The van der Waals surface area contributed by atoms with Crippen LogP contribution in [-0.4, -0.2) is 56.0 Å². The second-order valence-electron chi connectivity index (χ2n) is 9.70. The third kappa shape index (κ3) is 3.97. The predicted molar refractivity (Wildman–Crippen MR) is 119 cm³/mol. The summed E-state index contributed by atoms with van der Waals surface area (Å²) in [7, 11) is 0. The van der Waals surface area contributed by atoms with Crippen molar-refractivity contribution >= 4 is 11.0 Å². The number of aromatic nitrogens is 4. The van der Waals surface area contributed by atoms with Crippen LogP contribution in [0.25, 0.3) is 22.6 Å². The molecule has 0 bridgehead atoms. The van der Waals surface area contributed by atoms with Gasteiger partial charge in [0.25, 0.3) is 5.56 Å². The molecule has 1 N–H and O–H groups in total. The first kappa shape index (κ1) is 22.1. The Kier molecular flexibility index (Phi) is 4.98. The van der Waals surface area contributed by atoms with Crippen LogP contribution in [-0.2, 0) is 25.5 Å². The van der Waals surface area contributed by atoms with Crippen molar-refractivity contribution in [3.05, 3.63) is 44.1 Å². The molecule has 0 amide bonds. The number of aromatic amines is 1. The van der Waals surface area contributed by atoms with Gasteiger partial charge in [0.15, 0.2) is 23.1 Å². The highest BCUT2D eigenvalue weighted by Crippen LogP contribution is 2.37. The molecule has 5 rings (SSSR count). The minimum absolute atomic E-state index is 0.0988. The number of fused-ring (bicyclic) bond motifs is 2. The van der Waals surface area contributed by atoms with E-state index in [0.717, 1.165) is 16.6 Å². The number of hydrogen-bond acceptors (Lipinski definition) is 8. The monoisotopic (exact) mass is 456 g/mol. The largest absolute Gasteiger partial charge is 0.349 e. The Morgan fingerprint density at radius 2 is 1.76 bits per heavy atom. The Hall–Kier alpha value is -2.66. The normalized spacial score (nSPS) is 26.4. The molecule has 4 aliphatic rings. The molecule has 10 heteroatoms. The summed E-state index contributed by atoms with van der Waals surface area (Å²) in [5.41, 5.74) is 2.28. The van der Waals surface area contributed by atoms with E-state index in [1.165, 1.54) is 0 Å². The molecule has 4 aliphatic heterocycles. The Morgan fingerprint density at radius 1 is 1.03 bits per heavy atom. The Morgan fingerprint density at radius 3 is 2.45 bits per heavy atom. The van der Waals surface area contributed by atoms with Gasteiger partial charge < -0.3 is 23.5 Å². The summed E-state index contributed by atoms with van der Waals surface area (Å²) in [6.45, 7) is 12.1. The predicted octanol–water partition coefficient (Wildman–Crippen LogP) is 1.87. The van der Waals surface area contributed by atoms with Gasteiger partial charge in [-0.25, -0.2) is 9.78 Å². The van der Waals surface area contributed by atoms with Crippen LogP contribution in [0.4, 0.5) is 0 Å². The van der Waals surface area contributed by atoms with Crippen LogP contribution in [0.1, 0.15) is 38.8 Å². The number of benzene rings is 1. The van der Waals surface area contributed by atoms with Gasteiger partial charge in [0.2, 0.25) is 0 Å². The van der Waals surface area contributed by atoms with Crippen LogP contribution in [0, 0.1) is 13.8 Å². The van der Waals surface area contributed by atoms with Crippen molar-refractivity contribution in [3.63, 3.8) is 0 Å². The average Bonchev–Trinajstić information content (AvgIpc) is 3.21. The minimum atomic E-state index is -0.842. The minimum Gasteiger partial charge on any atom is -0.348 e. The first-order chi connectivity index (χ1) is 15.4. The van der Waals surface area contributed by atoms with Gasteiger partial charge in [-0.15, -0.1) is 0 Å². The molecule has 0 radical (unpaired) electrons. The summed E-state index contributed by atoms with van der Waals surface area (Å²) in [5.74, 6) is -1.35. The van der Waals surface area contributed by atoms with Crippen LogP contribution in [0.3, 0.4) is 0 Å². The zero-order chi connectivity index (χ0) is 23.7. The lowest BCUT2D eigenvalue weighted by Crippen LogP contribution is -2.41. The molecule has 176 valence electrons. The second-order valence-corrected chi connectivity index (χ2v) is 9.70. The number of rotatable bonds is 3. The fourth-order valence-electron chi connectivity index (χ4n) is 4.61. The van der Waals surface area contributed by atoms with Gasteiger partial charge >= 0.3 is 5.69 Å². The van der Waals surface area contributed by atoms with E-state index >= 15 is 0 Å². The van der Waals surface area contributed by atoms with Gasteiger partial charge in [0.1, 0.15) is 18.3 Å². The molecule has 3 atom stereocenters. The van der Waals surface area contributed by atoms with Gasteiger partial charge in [0.05, 0.1) is 24.2 Å². The quantitative estimate of drug-likeness (QED) is 0.594. The van der Waals surface area contributed by atoms with Gasteiger partial charge in [-0.3, -0.25) is 9.78 Å². The first-order valence-electron chi connectivity index (χ1n) is 11.0. The van der Waals surface area contributed by atoms with Crippen LogP contribution in [0.2, 0.25) is 0 Å². The maximum Gasteiger partial charge on any atom is 0.349 e. The van der Waals surface area contributed by atoms with Crippen molar-refractivity contribution in [3.8, 4) is 11.5 Å². The van der Waals surface area contributed by atoms with Crippen molar-refractivity contribution in [2.75, 3.05) is 6.61 Å². The van der Waals surface area contributed by atoms with E-state index in [4.69, 9.17) is 18.9 Å². The van der Waals surface area contributed by atoms with Crippen molar-refractivity contribution < 1.29 is 18.9 Å². The molecular formula is C23H28N4O6. The smallest absolute Gasteiger partial charge is 0.348 e. The van der Waals surface area contributed by atoms with Crippen LogP contribution < -0.4 is 11.2 Å². The van der Waals surface area contributed by atoms with Crippen LogP contribution in [0.5, 0.6) is 0 Å². The Labute approximate surface area is 190 Å². The van der Waals surface area contributed by atoms with Crippen molar-refractivity contribution in [2.24, 2.45) is 0 Å². The highest BCUT2D eigenvalue weighted by molar-refractivity contribution is 5.81. The molecule has 2 fully saturated rings. The average molecular weight is 456 g/mol. The first-order valence-corrected chi connectivity index (χ1v) is 11.0. The maximum absolute atomic E-state index is 12.6. The van der Waals surface area contributed by atoms with E-state index in [0.29, 0.717) is 12.1 Å². The molecule has 0 spiro atoms. The van der Waals surface area contributed by atoms with Gasteiger partial charge in [-0.1, -0.05) is 0 Å². The standard InChI is InChI=1S/C23H28N4O6/c1-11-7-13-14(8-12(11)2)27(19-17(24-13)20(28)26-21(29)25-19)9-15-18(33-23(5,6)31-15)16-10-30-22(3,4)32-16/h7-8,15-16,18H,9-10H2,1-6H3,(H,26,28,29)/t15-,16+,18-/m0/s1. The fraction of sp³-hybridized carbons (Fsp3) is 0.565. The Bertz CT molecular complexity index is 1330. The molecule has 0 aliphatic carbocycles. The number of aryl methyl sites for hydroxylation is 2. The highest BCUT2D eigenvalue weighted by atomic mass is 16.8. The molecular weight excluding hydrogens is 428 g/mol. The molecule has 0 saturated carbocycles. The maximum atomic E-state index is 12.6. The SMILES string of the molecule is Cc1cc2nc3c(=O)[nH]c(=O)nc-3n(C[C@@H]3OC(C)(C)O[C@@H]3[C@H]3COC(C)(C)O3)c2cc1C. The van der Waals surface area contributed by atoms with Crippen molar-refractivity contribution in [1.82, 2.24) is 19.5 Å². The summed E-state index contributed by atoms with van der Waals surface area (Å²) in [6.07, 6.45) is -1.20. The number of H-pyrrole nitrogens is 1. The summed E-state index contributed by atoms with van der Waals surface area (Å²) in [5, 5.41) is 0. The molecule has 1 aromatic rings. The summed E-state index contributed by atoms with van der Waals surface area (Å²) < 4.78 is 26.1. The van der Waals surface area contributed by atoms with E-state index in [9.17, 15) is 9.59 Å². The van der Waals surface area contributed by atoms with E-state index in [2.05, 4.69) is 15.0 Å². The van der Waals surface area contributed by atoms with Gasteiger partial charge in [-0.05, 0) is 64.8 Å². The lowest BCUT2D eigenvalue weighted by molar-refractivity contribution is -0.174. The second kappa shape index (κ2) is 7.42. The molecule has 0 unspecified atom stereocenters. The molecule has 10 nitrogen and oxygen atoms in total. The van der Waals surface area contributed by atoms with Gasteiger partial charge in [0, 0.05) is 0 Å². The zero-order valence-electron chi connectivity index (χ0n) is 19.6. The number of ether oxygens (including phenoxy) is 4. The fourth-order valence-corrected chi connectivity index (χ4v) is 4.61. The topological polar surface area (TPSA) is 118 Å². The molecule has 0 aromatic heterocycles. The van der Waals surface area contributed by atoms with Crippen molar-refractivity contribution in [1.29, 1.82) is 0 Å². The number of nitrogens with zero attached hydrogens (tertiary/aromatic N) is 3.